The minimum Gasteiger partial charge on any atom is -0.467 e. The number of hydrogen-bond donors (Lipinski definition) is 1. The molecule has 1 aromatic heterocycles. The predicted molar refractivity (Wildman–Crippen MR) is 125 cm³/mol. The van der Waals surface area contributed by atoms with Gasteiger partial charge in [0.05, 0.1) is 17.5 Å². The van der Waals surface area contributed by atoms with Crippen LogP contribution in [0.1, 0.15) is 46.1 Å². The molecule has 1 atom stereocenters. The summed E-state index contributed by atoms with van der Waals surface area (Å²) in [7, 11) is 0. The molecule has 8 nitrogen and oxygen atoms in total. The monoisotopic (exact) mass is 477 g/mol. The van der Waals surface area contributed by atoms with Crippen molar-refractivity contribution in [1.29, 1.82) is 0 Å². The summed E-state index contributed by atoms with van der Waals surface area (Å²) in [5.74, 6) is -0.555. The van der Waals surface area contributed by atoms with E-state index in [0.29, 0.717) is 47.0 Å². The largest absolute Gasteiger partial charge is 0.467 e. The highest BCUT2D eigenvalue weighted by Gasteiger charge is 2.35. The number of rotatable bonds is 5. The van der Waals surface area contributed by atoms with Crippen molar-refractivity contribution in [3.05, 3.63) is 88.3 Å². The molecule has 3 aromatic rings. The van der Waals surface area contributed by atoms with Crippen LogP contribution in [0.2, 0.25) is 5.02 Å². The Morgan fingerprint density at radius 2 is 1.97 bits per heavy atom. The van der Waals surface area contributed by atoms with Crippen LogP contribution in [0.3, 0.4) is 0 Å². The fourth-order valence-electron chi connectivity index (χ4n) is 4.05. The number of carbonyl (C=O) groups is 3. The summed E-state index contributed by atoms with van der Waals surface area (Å²) in [5.41, 5.74) is 3.40. The van der Waals surface area contributed by atoms with Crippen LogP contribution < -0.4 is 5.32 Å². The summed E-state index contributed by atoms with van der Waals surface area (Å²) in [4.78, 5) is 37.1. The molecule has 0 fully saturated rings. The van der Waals surface area contributed by atoms with E-state index in [-0.39, 0.29) is 5.91 Å². The zero-order chi connectivity index (χ0) is 23.7. The molecular formula is C25H20ClN3O5. The van der Waals surface area contributed by atoms with Crippen LogP contribution in [0.4, 0.5) is 5.69 Å². The van der Waals surface area contributed by atoms with Crippen LogP contribution in [0, 0.1) is 0 Å². The van der Waals surface area contributed by atoms with Crippen molar-refractivity contribution in [2.45, 2.75) is 25.3 Å². The van der Waals surface area contributed by atoms with E-state index >= 15 is 0 Å². The lowest BCUT2D eigenvalue weighted by molar-refractivity contribution is -0.136. The zero-order valence-electron chi connectivity index (χ0n) is 18.0. The summed E-state index contributed by atoms with van der Waals surface area (Å²) in [6.07, 6.45) is 2.89. The summed E-state index contributed by atoms with van der Waals surface area (Å²) < 4.78 is 10.8. The van der Waals surface area contributed by atoms with Gasteiger partial charge in [-0.2, -0.15) is 5.10 Å². The lowest BCUT2D eigenvalue weighted by Crippen LogP contribution is -2.31. The number of nitrogens with zero attached hydrogens (tertiary/aromatic N) is 2. The Kier molecular flexibility index (Phi) is 5.90. The van der Waals surface area contributed by atoms with Gasteiger partial charge in [0.15, 0.2) is 6.61 Å². The number of anilines is 1. The van der Waals surface area contributed by atoms with Crippen molar-refractivity contribution in [2.75, 3.05) is 11.9 Å². The molecule has 9 heteroatoms. The Morgan fingerprint density at radius 1 is 1.15 bits per heavy atom. The Balaban J connectivity index is 1.30. The molecule has 0 aliphatic carbocycles. The molecule has 2 amide bonds. The quantitative estimate of drug-likeness (QED) is 0.550. The number of fused-ring (bicyclic) bond motifs is 1. The third kappa shape index (κ3) is 4.45. The van der Waals surface area contributed by atoms with Crippen LogP contribution in [-0.4, -0.2) is 35.1 Å². The molecule has 5 rings (SSSR count). The summed E-state index contributed by atoms with van der Waals surface area (Å²) >= 11 is 5.99. The van der Waals surface area contributed by atoms with Crippen molar-refractivity contribution < 1.29 is 23.5 Å². The Bertz CT molecular complexity index is 1280. The van der Waals surface area contributed by atoms with Gasteiger partial charge in [0.1, 0.15) is 11.8 Å². The second kappa shape index (κ2) is 9.15. The topological polar surface area (TPSA) is 101 Å². The number of carbonyl (C=O) groups excluding carboxylic acids is 3. The lowest BCUT2D eigenvalue weighted by Gasteiger charge is -2.20. The molecule has 2 aliphatic heterocycles. The second-order valence-electron chi connectivity index (χ2n) is 8.02. The maximum absolute atomic E-state index is 13.0. The SMILES string of the molecule is O=C1CCc2cc(C(=O)OCC(=O)N3N=C(c4ccc(Cl)cc4)CC3c3ccco3)ccc2N1. The molecular weight excluding hydrogens is 458 g/mol. The average Bonchev–Trinajstić information content (AvgIpc) is 3.52. The van der Waals surface area contributed by atoms with Crippen molar-refractivity contribution in [2.24, 2.45) is 5.10 Å². The van der Waals surface area contributed by atoms with Crippen LogP contribution in [0.5, 0.6) is 0 Å². The Labute approximate surface area is 200 Å². The van der Waals surface area contributed by atoms with E-state index in [1.54, 1.807) is 42.5 Å². The van der Waals surface area contributed by atoms with Gasteiger partial charge < -0.3 is 14.5 Å². The third-order valence-corrected chi connectivity index (χ3v) is 6.03. The highest BCUT2D eigenvalue weighted by atomic mass is 35.5. The molecule has 0 radical (unpaired) electrons. The molecule has 0 saturated carbocycles. The maximum atomic E-state index is 13.0. The first-order valence-corrected chi connectivity index (χ1v) is 11.1. The van der Waals surface area contributed by atoms with Crippen molar-refractivity contribution in [1.82, 2.24) is 5.01 Å². The van der Waals surface area contributed by atoms with Crippen LogP contribution in [-0.2, 0) is 20.7 Å². The van der Waals surface area contributed by atoms with Crippen molar-refractivity contribution >= 4 is 40.8 Å². The molecule has 0 bridgehead atoms. The van der Waals surface area contributed by atoms with Gasteiger partial charge in [0.2, 0.25) is 5.91 Å². The van der Waals surface area contributed by atoms with Gasteiger partial charge in [-0.1, -0.05) is 23.7 Å². The Hall–Kier alpha value is -3.91. The van der Waals surface area contributed by atoms with E-state index in [9.17, 15) is 14.4 Å². The number of ether oxygens (including phenoxy) is 1. The van der Waals surface area contributed by atoms with Crippen molar-refractivity contribution in [3.63, 3.8) is 0 Å². The average molecular weight is 478 g/mol. The normalized spacial score (nSPS) is 17.1. The van der Waals surface area contributed by atoms with Gasteiger partial charge in [-0.25, -0.2) is 9.80 Å². The first-order valence-electron chi connectivity index (χ1n) is 10.8. The van der Waals surface area contributed by atoms with E-state index in [1.807, 2.05) is 12.1 Å². The molecule has 2 aliphatic rings. The number of aryl methyl sites for hydroxylation is 1. The fraction of sp³-hybridized carbons (Fsp3) is 0.200. The van der Waals surface area contributed by atoms with Gasteiger partial charge >= 0.3 is 5.97 Å². The predicted octanol–water partition coefficient (Wildman–Crippen LogP) is 4.35. The smallest absolute Gasteiger partial charge is 0.338 e. The molecule has 1 unspecified atom stereocenters. The van der Waals surface area contributed by atoms with E-state index in [0.717, 1.165) is 11.1 Å². The molecule has 172 valence electrons. The minimum absolute atomic E-state index is 0.0522. The summed E-state index contributed by atoms with van der Waals surface area (Å²) in [6, 6.07) is 15.2. The molecule has 2 aromatic carbocycles. The molecule has 3 heterocycles. The third-order valence-electron chi connectivity index (χ3n) is 5.78. The van der Waals surface area contributed by atoms with Gasteiger partial charge in [-0.15, -0.1) is 0 Å². The van der Waals surface area contributed by atoms with Crippen LogP contribution in [0.15, 0.2) is 70.4 Å². The number of amides is 2. The number of esters is 1. The Morgan fingerprint density at radius 3 is 2.74 bits per heavy atom. The van der Waals surface area contributed by atoms with Crippen LogP contribution in [0.25, 0.3) is 0 Å². The van der Waals surface area contributed by atoms with Crippen LogP contribution >= 0.6 is 11.6 Å². The van der Waals surface area contributed by atoms with Gasteiger partial charge in [-0.3, -0.25) is 9.59 Å². The number of halogens is 1. The standard InChI is InChI=1S/C25H20ClN3O5/c26-18-7-3-15(4-8-18)20-13-21(22-2-1-11-33-22)29(28-20)24(31)14-34-25(32)17-5-9-19-16(12-17)6-10-23(30)27-19/h1-5,7-9,11-12,21H,6,10,13-14H2,(H,27,30). The van der Waals surface area contributed by atoms with E-state index in [4.69, 9.17) is 20.8 Å². The molecule has 1 N–H and O–H groups in total. The highest BCUT2D eigenvalue weighted by molar-refractivity contribution is 6.30. The number of furan rings is 1. The molecule has 0 spiro atoms. The minimum atomic E-state index is -0.622. The molecule has 0 saturated heterocycles. The number of benzene rings is 2. The van der Waals surface area contributed by atoms with Crippen molar-refractivity contribution in [3.8, 4) is 0 Å². The number of nitrogens with one attached hydrogen (secondary N) is 1. The first-order chi connectivity index (χ1) is 16.5. The number of hydrazone groups is 1. The summed E-state index contributed by atoms with van der Waals surface area (Å²) in [6.45, 7) is -0.471. The summed E-state index contributed by atoms with van der Waals surface area (Å²) in [5, 5.41) is 9.19. The van der Waals surface area contributed by atoms with E-state index < -0.39 is 24.5 Å². The highest BCUT2D eigenvalue weighted by Crippen LogP contribution is 2.33. The van der Waals surface area contributed by atoms with Gasteiger partial charge in [0, 0.05) is 23.6 Å². The maximum Gasteiger partial charge on any atom is 0.338 e. The fourth-order valence-corrected chi connectivity index (χ4v) is 4.17. The van der Waals surface area contributed by atoms with E-state index in [1.165, 1.54) is 11.3 Å². The second-order valence-corrected chi connectivity index (χ2v) is 8.46. The zero-order valence-corrected chi connectivity index (χ0v) is 18.7. The van der Waals surface area contributed by atoms with Gasteiger partial charge in [-0.05, 0) is 60.0 Å². The first kappa shape index (κ1) is 21.9. The molecule has 34 heavy (non-hydrogen) atoms. The van der Waals surface area contributed by atoms with Gasteiger partial charge in [0.25, 0.3) is 5.91 Å². The number of hydrogen-bond acceptors (Lipinski definition) is 6. The van der Waals surface area contributed by atoms with E-state index in [2.05, 4.69) is 10.4 Å². The lowest BCUT2D eigenvalue weighted by atomic mass is 10.0.